The second-order valence-electron chi connectivity index (χ2n) is 5.37. The van der Waals surface area contributed by atoms with Crippen LogP contribution in [0.4, 0.5) is 0 Å². The fourth-order valence-corrected chi connectivity index (χ4v) is 2.66. The number of nitrogens with one attached hydrogen (secondary N) is 1. The zero-order chi connectivity index (χ0) is 16.2. The van der Waals surface area contributed by atoms with E-state index in [1.807, 2.05) is 31.2 Å². The highest BCUT2D eigenvalue weighted by atomic mass is 16.3. The monoisotopic (exact) mass is 313 g/mol. The molecule has 0 spiro atoms. The minimum atomic E-state index is -0.220. The number of hydrogen-bond donors (Lipinski definition) is 1. The summed E-state index contributed by atoms with van der Waals surface area (Å²) in [7, 11) is 0. The molecule has 0 unspecified atom stereocenters. The SMILES string of the molecule is CCCn1c(=O)n(CC(=O)NCc2ccco2)c2ccccc21. The quantitative estimate of drug-likeness (QED) is 0.758. The molecule has 0 radical (unpaired) electrons. The van der Waals surface area contributed by atoms with Gasteiger partial charge in [-0.25, -0.2) is 4.79 Å². The Kier molecular flexibility index (Phi) is 4.32. The lowest BCUT2D eigenvalue weighted by Gasteiger charge is -2.04. The van der Waals surface area contributed by atoms with Crippen molar-refractivity contribution in [3.05, 3.63) is 58.9 Å². The van der Waals surface area contributed by atoms with E-state index in [1.165, 1.54) is 4.57 Å². The first kappa shape index (κ1) is 15.1. The Bertz CT molecular complexity index is 859. The van der Waals surface area contributed by atoms with Crippen LogP contribution < -0.4 is 11.0 Å². The van der Waals surface area contributed by atoms with Crippen molar-refractivity contribution in [2.75, 3.05) is 0 Å². The van der Waals surface area contributed by atoms with Crippen LogP contribution >= 0.6 is 0 Å². The Morgan fingerprint density at radius 3 is 2.52 bits per heavy atom. The number of hydrogen-bond acceptors (Lipinski definition) is 3. The van der Waals surface area contributed by atoms with Gasteiger partial charge in [-0.2, -0.15) is 0 Å². The zero-order valence-electron chi connectivity index (χ0n) is 13.0. The molecule has 2 heterocycles. The lowest BCUT2D eigenvalue weighted by Crippen LogP contribution is -2.32. The third kappa shape index (κ3) is 3.06. The first-order chi connectivity index (χ1) is 11.2. The molecule has 3 rings (SSSR count). The van der Waals surface area contributed by atoms with Gasteiger partial charge in [-0.05, 0) is 30.7 Å². The molecule has 1 N–H and O–H groups in total. The smallest absolute Gasteiger partial charge is 0.329 e. The largest absolute Gasteiger partial charge is 0.467 e. The number of aromatic nitrogens is 2. The number of furan rings is 1. The number of carbonyl (C=O) groups is 1. The molecule has 0 aliphatic rings. The second-order valence-corrected chi connectivity index (χ2v) is 5.37. The van der Waals surface area contributed by atoms with Crippen molar-refractivity contribution in [2.24, 2.45) is 0 Å². The van der Waals surface area contributed by atoms with Crippen molar-refractivity contribution in [3.8, 4) is 0 Å². The van der Waals surface area contributed by atoms with E-state index in [0.29, 0.717) is 18.8 Å². The molecule has 23 heavy (non-hydrogen) atoms. The summed E-state index contributed by atoms with van der Waals surface area (Å²) in [5.74, 6) is 0.460. The van der Waals surface area contributed by atoms with Crippen LogP contribution in [0.3, 0.4) is 0 Å². The predicted molar refractivity (Wildman–Crippen MR) is 87.0 cm³/mol. The molecule has 1 aromatic carbocycles. The number of rotatable bonds is 6. The van der Waals surface area contributed by atoms with E-state index in [-0.39, 0.29) is 18.1 Å². The van der Waals surface area contributed by atoms with Gasteiger partial charge < -0.3 is 9.73 Å². The number of amides is 1. The van der Waals surface area contributed by atoms with E-state index >= 15 is 0 Å². The summed E-state index contributed by atoms with van der Waals surface area (Å²) < 4.78 is 8.41. The molecular weight excluding hydrogens is 294 g/mol. The Balaban J connectivity index is 1.83. The Morgan fingerprint density at radius 1 is 1.13 bits per heavy atom. The summed E-state index contributed by atoms with van der Waals surface area (Å²) in [5, 5.41) is 2.77. The maximum absolute atomic E-state index is 12.6. The van der Waals surface area contributed by atoms with Crippen molar-refractivity contribution in [3.63, 3.8) is 0 Å². The van der Waals surface area contributed by atoms with Gasteiger partial charge in [0.2, 0.25) is 5.91 Å². The Hall–Kier alpha value is -2.76. The fraction of sp³-hybridized carbons (Fsp3) is 0.294. The van der Waals surface area contributed by atoms with Crippen LogP contribution in [0, 0.1) is 0 Å². The standard InChI is InChI=1S/C17H19N3O3/c1-2-9-19-14-7-3-4-8-15(14)20(17(19)22)12-16(21)18-11-13-6-5-10-23-13/h3-8,10H,2,9,11-12H2,1H3,(H,18,21). The minimum Gasteiger partial charge on any atom is -0.467 e. The van der Waals surface area contributed by atoms with E-state index in [0.717, 1.165) is 17.5 Å². The van der Waals surface area contributed by atoms with E-state index in [4.69, 9.17) is 4.42 Å². The average Bonchev–Trinajstić information content (AvgIpc) is 3.16. The summed E-state index contributed by atoms with van der Waals surface area (Å²) in [6, 6.07) is 11.1. The molecule has 6 heteroatoms. The Labute approximate surface area is 133 Å². The fourth-order valence-electron chi connectivity index (χ4n) is 2.66. The molecule has 0 atom stereocenters. The average molecular weight is 313 g/mol. The van der Waals surface area contributed by atoms with E-state index in [2.05, 4.69) is 5.32 Å². The van der Waals surface area contributed by atoms with Crippen molar-refractivity contribution in [2.45, 2.75) is 33.0 Å². The van der Waals surface area contributed by atoms with E-state index in [1.54, 1.807) is 23.0 Å². The molecule has 3 aromatic rings. The van der Waals surface area contributed by atoms with Gasteiger partial charge in [0.15, 0.2) is 0 Å². The third-order valence-electron chi connectivity index (χ3n) is 3.71. The topological polar surface area (TPSA) is 69.2 Å². The first-order valence-corrected chi connectivity index (χ1v) is 7.68. The van der Waals surface area contributed by atoms with Crippen LogP contribution in [0.2, 0.25) is 0 Å². The van der Waals surface area contributed by atoms with Gasteiger partial charge in [0.1, 0.15) is 12.3 Å². The molecule has 1 amide bonds. The van der Waals surface area contributed by atoms with Gasteiger partial charge in [0.25, 0.3) is 0 Å². The molecule has 6 nitrogen and oxygen atoms in total. The lowest BCUT2D eigenvalue weighted by atomic mass is 10.3. The highest BCUT2D eigenvalue weighted by molar-refractivity contribution is 5.80. The van der Waals surface area contributed by atoms with Gasteiger partial charge in [-0.3, -0.25) is 13.9 Å². The molecule has 0 saturated heterocycles. The molecule has 0 aliphatic heterocycles. The van der Waals surface area contributed by atoms with Gasteiger partial charge in [-0.15, -0.1) is 0 Å². The molecule has 2 aromatic heterocycles. The second kappa shape index (κ2) is 6.56. The lowest BCUT2D eigenvalue weighted by molar-refractivity contribution is -0.121. The van der Waals surface area contributed by atoms with Crippen molar-refractivity contribution >= 4 is 16.9 Å². The van der Waals surface area contributed by atoms with Crippen LogP contribution in [0.15, 0.2) is 51.9 Å². The number of benzene rings is 1. The summed E-state index contributed by atoms with van der Waals surface area (Å²) >= 11 is 0. The van der Waals surface area contributed by atoms with Crippen molar-refractivity contribution < 1.29 is 9.21 Å². The normalized spacial score (nSPS) is 11.0. The summed E-state index contributed by atoms with van der Waals surface area (Å²) in [5.41, 5.74) is 1.48. The first-order valence-electron chi connectivity index (χ1n) is 7.68. The number of para-hydroxylation sites is 2. The molecule has 0 bridgehead atoms. The highest BCUT2D eigenvalue weighted by Crippen LogP contribution is 2.13. The summed E-state index contributed by atoms with van der Waals surface area (Å²) in [6.45, 7) is 2.97. The van der Waals surface area contributed by atoms with Gasteiger partial charge in [0, 0.05) is 6.54 Å². The Morgan fingerprint density at radius 2 is 1.87 bits per heavy atom. The molecular formula is C17H19N3O3. The number of imidazole rings is 1. The van der Waals surface area contributed by atoms with Gasteiger partial charge in [0.05, 0.1) is 23.8 Å². The van der Waals surface area contributed by atoms with E-state index in [9.17, 15) is 9.59 Å². The van der Waals surface area contributed by atoms with E-state index < -0.39 is 0 Å². The van der Waals surface area contributed by atoms with Crippen LogP contribution in [0.25, 0.3) is 11.0 Å². The number of carbonyl (C=O) groups excluding carboxylic acids is 1. The minimum absolute atomic E-state index is 0.00320. The maximum Gasteiger partial charge on any atom is 0.329 e. The zero-order valence-corrected chi connectivity index (χ0v) is 13.0. The predicted octanol–water partition coefficient (Wildman–Crippen LogP) is 2.12. The van der Waals surface area contributed by atoms with Crippen LogP contribution in [-0.4, -0.2) is 15.0 Å². The summed E-state index contributed by atoms with van der Waals surface area (Å²) in [6.07, 6.45) is 2.42. The molecule has 0 fully saturated rings. The number of fused-ring (bicyclic) bond motifs is 1. The van der Waals surface area contributed by atoms with Crippen molar-refractivity contribution in [1.29, 1.82) is 0 Å². The van der Waals surface area contributed by atoms with Gasteiger partial charge >= 0.3 is 5.69 Å². The van der Waals surface area contributed by atoms with Crippen LogP contribution in [0.1, 0.15) is 19.1 Å². The van der Waals surface area contributed by atoms with Crippen molar-refractivity contribution in [1.82, 2.24) is 14.5 Å². The third-order valence-corrected chi connectivity index (χ3v) is 3.71. The highest BCUT2D eigenvalue weighted by Gasteiger charge is 2.14. The molecule has 0 saturated carbocycles. The molecule has 0 aliphatic carbocycles. The number of nitrogens with zero attached hydrogens (tertiary/aromatic N) is 2. The molecule has 120 valence electrons. The van der Waals surface area contributed by atoms with Crippen LogP contribution in [-0.2, 0) is 24.4 Å². The number of aryl methyl sites for hydroxylation is 1. The van der Waals surface area contributed by atoms with Gasteiger partial charge in [-0.1, -0.05) is 19.1 Å². The maximum atomic E-state index is 12.6. The van der Waals surface area contributed by atoms with Crippen LogP contribution in [0.5, 0.6) is 0 Å². The summed E-state index contributed by atoms with van der Waals surface area (Å²) in [4.78, 5) is 24.7.